The fourth-order valence-corrected chi connectivity index (χ4v) is 4.06. The second kappa shape index (κ2) is 9.17. The largest absolute Gasteiger partial charge is 0.508 e. The fourth-order valence-electron chi connectivity index (χ4n) is 3.56. The topological polar surface area (TPSA) is 20.2 Å². The van der Waals surface area contributed by atoms with Gasteiger partial charge in [-0.25, -0.2) is 0 Å². The molecule has 0 saturated carbocycles. The van der Waals surface area contributed by atoms with E-state index in [0.29, 0.717) is 5.75 Å². The van der Waals surface area contributed by atoms with Crippen molar-refractivity contribution in [3.8, 4) is 5.75 Å². The van der Waals surface area contributed by atoms with Crippen molar-refractivity contribution in [1.29, 1.82) is 0 Å². The van der Waals surface area contributed by atoms with Crippen LogP contribution >= 0.6 is 12.6 Å². The van der Waals surface area contributed by atoms with Gasteiger partial charge in [0, 0.05) is 10.5 Å². The second-order valence-electron chi connectivity index (χ2n) is 8.57. The Morgan fingerprint density at radius 1 is 0.792 bits per heavy atom. The molecule has 0 bridgehead atoms. The van der Waals surface area contributed by atoms with Crippen molar-refractivity contribution in [1.82, 2.24) is 0 Å². The van der Waals surface area contributed by atoms with Crippen molar-refractivity contribution in [3.63, 3.8) is 0 Å². The minimum Gasteiger partial charge on any atom is -0.508 e. The first-order chi connectivity index (χ1) is 11.2. The Bertz CT molecular complexity index is 469. The summed E-state index contributed by atoms with van der Waals surface area (Å²) in [4.78, 5) is 1.02. The second-order valence-corrected chi connectivity index (χ2v) is 9.05. The molecule has 0 saturated heterocycles. The zero-order valence-corrected chi connectivity index (χ0v) is 17.6. The molecule has 24 heavy (non-hydrogen) atoms. The van der Waals surface area contributed by atoms with Crippen molar-refractivity contribution in [2.24, 2.45) is 0 Å². The van der Waals surface area contributed by atoms with Crippen LogP contribution in [-0.2, 0) is 10.8 Å². The molecule has 1 nitrogen and oxygen atoms in total. The first-order valence-corrected chi connectivity index (χ1v) is 10.2. The van der Waals surface area contributed by atoms with Gasteiger partial charge < -0.3 is 5.11 Å². The standard InChI is InChI=1S/C22H38OS/c1-7-9-11-13-21(3,4)17-16-20(24)18(15-19(17)23)22(5,6)14-12-10-8-2/h15-16,23-24H,7-14H2,1-6H3. The molecule has 0 aliphatic rings. The lowest BCUT2D eigenvalue weighted by Gasteiger charge is -2.31. The average Bonchev–Trinajstić information content (AvgIpc) is 2.49. The molecule has 0 fully saturated rings. The lowest BCUT2D eigenvalue weighted by Crippen LogP contribution is -2.21. The summed E-state index contributed by atoms with van der Waals surface area (Å²) in [6.45, 7) is 13.5. The molecule has 0 radical (unpaired) electrons. The highest BCUT2D eigenvalue weighted by Gasteiger charge is 2.28. The number of thiol groups is 1. The average molecular weight is 351 g/mol. The number of phenolic OH excluding ortho intramolecular Hbond substituents is 1. The van der Waals surface area contributed by atoms with Gasteiger partial charge in [-0.05, 0) is 41.4 Å². The van der Waals surface area contributed by atoms with E-state index in [4.69, 9.17) is 12.6 Å². The van der Waals surface area contributed by atoms with E-state index in [2.05, 4.69) is 47.6 Å². The maximum absolute atomic E-state index is 10.7. The van der Waals surface area contributed by atoms with Crippen LogP contribution in [0.25, 0.3) is 0 Å². The first-order valence-electron chi connectivity index (χ1n) is 9.72. The monoisotopic (exact) mass is 350 g/mol. The number of phenols is 1. The van der Waals surface area contributed by atoms with Gasteiger partial charge in [0.1, 0.15) is 5.75 Å². The smallest absolute Gasteiger partial charge is 0.119 e. The molecule has 1 N–H and O–H groups in total. The molecular weight excluding hydrogens is 312 g/mol. The molecule has 0 atom stereocenters. The highest BCUT2D eigenvalue weighted by atomic mass is 32.1. The van der Waals surface area contributed by atoms with Crippen LogP contribution < -0.4 is 0 Å². The number of hydrogen-bond acceptors (Lipinski definition) is 2. The third kappa shape index (κ3) is 5.72. The lowest BCUT2D eigenvalue weighted by atomic mass is 9.75. The van der Waals surface area contributed by atoms with E-state index in [0.717, 1.165) is 23.3 Å². The summed E-state index contributed by atoms with van der Waals surface area (Å²) in [5.74, 6) is 0.438. The van der Waals surface area contributed by atoms with Gasteiger partial charge >= 0.3 is 0 Å². The highest BCUT2D eigenvalue weighted by molar-refractivity contribution is 7.80. The molecule has 1 aromatic carbocycles. The van der Waals surface area contributed by atoms with Crippen LogP contribution in [-0.4, -0.2) is 5.11 Å². The van der Waals surface area contributed by atoms with Gasteiger partial charge in [-0.2, -0.15) is 0 Å². The molecule has 1 aromatic rings. The fraction of sp³-hybridized carbons (Fsp3) is 0.727. The van der Waals surface area contributed by atoms with Crippen molar-refractivity contribution < 1.29 is 5.11 Å². The van der Waals surface area contributed by atoms with Crippen molar-refractivity contribution in [2.75, 3.05) is 0 Å². The number of aromatic hydroxyl groups is 1. The number of hydrogen-bond donors (Lipinski definition) is 2. The lowest BCUT2D eigenvalue weighted by molar-refractivity contribution is 0.399. The van der Waals surface area contributed by atoms with Crippen LogP contribution in [0.3, 0.4) is 0 Å². The number of rotatable bonds is 10. The quantitative estimate of drug-likeness (QED) is 0.333. The van der Waals surface area contributed by atoms with Gasteiger partial charge in [-0.1, -0.05) is 80.1 Å². The Labute approximate surface area is 155 Å². The van der Waals surface area contributed by atoms with Crippen LogP contribution in [0.1, 0.15) is 104 Å². The maximum Gasteiger partial charge on any atom is 0.119 e. The van der Waals surface area contributed by atoms with E-state index < -0.39 is 0 Å². The SMILES string of the molecule is CCCCCC(C)(C)c1cc(S)c(C(C)(C)CCCCC)cc1O. The summed E-state index contributed by atoms with van der Waals surface area (Å²) in [5, 5.41) is 10.7. The Morgan fingerprint density at radius 3 is 1.71 bits per heavy atom. The molecule has 138 valence electrons. The van der Waals surface area contributed by atoms with Crippen LogP contribution in [0.2, 0.25) is 0 Å². The Morgan fingerprint density at radius 2 is 1.25 bits per heavy atom. The molecule has 0 aromatic heterocycles. The summed E-state index contributed by atoms with van der Waals surface area (Å²) in [5.41, 5.74) is 2.25. The van der Waals surface area contributed by atoms with E-state index in [1.54, 1.807) is 0 Å². The molecule has 0 unspecified atom stereocenters. The highest BCUT2D eigenvalue weighted by Crippen LogP contribution is 2.42. The van der Waals surface area contributed by atoms with Crippen LogP contribution in [0.4, 0.5) is 0 Å². The summed E-state index contributed by atoms with van der Waals surface area (Å²) in [7, 11) is 0. The van der Waals surface area contributed by atoms with Gasteiger partial charge in [0.2, 0.25) is 0 Å². The predicted molar refractivity (Wildman–Crippen MR) is 110 cm³/mol. The third-order valence-electron chi connectivity index (χ3n) is 5.38. The Balaban J connectivity index is 3.04. The van der Waals surface area contributed by atoms with Gasteiger partial charge in [0.05, 0.1) is 0 Å². The van der Waals surface area contributed by atoms with Crippen LogP contribution in [0.15, 0.2) is 17.0 Å². The molecule has 1 rings (SSSR count). The molecule has 0 amide bonds. The zero-order chi connectivity index (χ0) is 18.4. The van der Waals surface area contributed by atoms with Gasteiger partial charge in [0.15, 0.2) is 0 Å². The van der Waals surface area contributed by atoms with Crippen molar-refractivity contribution >= 4 is 12.6 Å². The molecule has 0 spiro atoms. The Hall–Kier alpha value is -0.630. The van der Waals surface area contributed by atoms with E-state index in [1.807, 2.05) is 6.07 Å². The molecule has 0 aliphatic heterocycles. The number of benzene rings is 1. The predicted octanol–water partition coefficient (Wildman–Crippen LogP) is 7.40. The van der Waals surface area contributed by atoms with Crippen LogP contribution in [0, 0.1) is 0 Å². The molecule has 2 heteroatoms. The maximum atomic E-state index is 10.7. The first kappa shape index (κ1) is 21.4. The van der Waals surface area contributed by atoms with Gasteiger partial charge in [-0.3, -0.25) is 0 Å². The van der Waals surface area contributed by atoms with E-state index in [-0.39, 0.29) is 10.8 Å². The molecular formula is C22H38OS. The number of unbranched alkanes of at least 4 members (excludes halogenated alkanes) is 4. The molecule has 0 heterocycles. The minimum absolute atomic E-state index is 0.0123. The van der Waals surface area contributed by atoms with E-state index >= 15 is 0 Å². The summed E-state index contributed by atoms with van der Waals surface area (Å²) < 4.78 is 0. The van der Waals surface area contributed by atoms with Gasteiger partial charge in [0.25, 0.3) is 0 Å². The molecule has 0 aliphatic carbocycles. The zero-order valence-electron chi connectivity index (χ0n) is 16.7. The van der Waals surface area contributed by atoms with Crippen molar-refractivity contribution in [2.45, 2.75) is 109 Å². The Kier molecular flexibility index (Phi) is 8.19. The summed E-state index contributed by atoms with van der Waals surface area (Å²) >= 11 is 4.78. The minimum atomic E-state index is -0.0123. The normalized spacial score (nSPS) is 12.6. The van der Waals surface area contributed by atoms with E-state index in [9.17, 15) is 5.11 Å². The van der Waals surface area contributed by atoms with E-state index in [1.165, 1.54) is 44.1 Å². The van der Waals surface area contributed by atoms with Gasteiger partial charge in [-0.15, -0.1) is 12.6 Å². The third-order valence-corrected chi connectivity index (χ3v) is 5.75. The van der Waals surface area contributed by atoms with Crippen molar-refractivity contribution in [3.05, 3.63) is 23.3 Å². The van der Waals surface area contributed by atoms with Crippen LogP contribution in [0.5, 0.6) is 5.75 Å². The summed E-state index contributed by atoms with van der Waals surface area (Å²) in [6, 6.07) is 4.09. The summed E-state index contributed by atoms with van der Waals surface area (Å²) in [6.07, 6.45) is 9.63.